The van der Waals surface area contributed by atoms with Crippen LogP contribution in [0, 0.1) is 13.8 Å². The number of nitrogens with zero attached hydrogens (tertiary/aromatic N) is 3. The number of rotatable bonds is 6. The van der Waals surface area contributed by atoms with Crippen LogP contribution in [-0.4, -0.2) is 26.2 Å². The van der Waals surface area contributed by atoms with Crippen LogP contribution in [0.5, 0.6) is 0 Å². The number of imidazole rings is 1. The predicted molar refractivity (Wildman–Crippen MR) is 103 cm³/mol. The van der Waals surface area contributed by atoms with Crippen LogP contribution in [-0.2, 0) is 13.0 Å². The van der Waals surface area contributed by atoms with E-state index in [-0.39, 0.29) is 6.61 Å². The van der Waals surface area contributed by atoms with E-state index >= 15 is 0 Å². The molecule has 1 aromatic carbocycles. The molecule has 0 atom stereocenters. The first-order valence-electron chi connectivity index (χ1n) is 8.82. The van der Waals surface area contributed by atoms with E-state index in [9.17, 15) is 0 Å². The van der Waals surface area contributed by atoms with Crippen molar-refractivity contribution in [3.8, 4) is 0 Å². The highest BCUT2D eigenvalue weighted by atomic mass is 16.2. The number of aliphatic hydroxyl groups is 1. The maximum absolute atomic E-state index is 8.88. The number of hydrogen-bond donors (Lipinski definition) is 1. The highest BCUT2D eigenvalue weighted by Crippen LogP contribution is 2.21. The Hall–Kier alpha value is -2.46. The molecule has 1 N–H and O–H groups in total. The van der Waals surface area contributed by atoms with Crippen molar-refractivity contribution in [3.63, 3.8) is 0 Å². The number of aliphatic hydroxyl groups excluding tert-OH is 1. The minimum absolute atomic E-state index is 0.0630. The van der Waals surface area contributed by atoms with Gasteiger partial charge in [-0.3, -0.25) is 0 Å². The summed E-state index contributed by atoms with van der Waals surface area (Å²) in [5, 5.41) is 8.88. The Kier molecular flexibility index (Phi) is 5.29. The van der Waals surface area contributed by atoms with Crippen LogP contribution in [0.3, 0.4) is 0 Å². The Morgan fingerprint density at radius 1 is 1.12 bits per heavy atom. The quantitative estimate of drug-likeness (QED) is 0.739. The lowest BCUT2D eigenvalue weighted by Gasteiger charge is -2.09. The predicted octanol–water partition coefficient (Wildman–Crippen LogP) is 4.05. The summed E-state index contributed by atoms with van der Waals surface area (Å²) in [7, 11) is 0. The summed E-state index contributed by atoms with van der Waals surface area (Å²) in [6.07, 6.45) is 5.68. The monoisotopic (exact) mass is 335 g/mol. The molecule has 2 heterocycles. The van der Waals surface area contributed by atoms with Gasteiger partial charge in [0.15, 0.2) is 5.65 Å². The number of pyridine rings is 1. The van der Waals surface area contributed by atoms with E-state index < -0.39 is 0 Å². The molecule has 4 heteroatoms. The molecule has 25 heavy (non-hydrogen) atoms. The molecule has 0 saturated heterocycles. The average molecular weight is 335 g/mol. The Labute approximate surface area is 148 Å². The number of aryl methyl sites for hydroxylation is 3. The number of hydrogen-bond acceptors (Lipinski definition) is 3. The van der Waals surface area contributed by atoms with Crippen LogP contribution < -0.4 is 0 Å². The Balaban J connectivity index is 1.99. The molecule has 0 amide bonds. The molecule has 0 spiro atoms. The SMILES string of the molecule is CCCc1nc2c(C)cc(C)nc2n1Cc1ccc(C=CCO)cc1. The highest BCUT2D eigenvalue weighted by Gasteiger charge is 2.14. The van der Waals surface area contributed by atoms with Crippen molar-refractivity contribution in [2.45, 2.75) is 40.2 Å². The van der Waals surface area contributed by atoms with Crippen molar-refractivity contribution in [2.75, 3.05) is 6.61 Å². The zero-order valence-electron chi connectivity index (χ0n) is 15.2. The van der Waals surface area contributed by atoms with Gasteiger partial charge in [0, 0.05) is 12.1 Å². The van der Waals surface area contributed by atoms with Gasteiger partial charge in [-0.1, -0.05) is 43.3 Å². The zero-order chi connectivity index (χ0) is 17.8. The average Bonchev–Trinajstić information content (AvgIpc) is 2.93. The summed E-state index contributed by atoms with van der Waals surface area (Å²) in [6, 6.07) is 10.5. The van der Waals surface area contributed by atoms with Gasteiger partial charge in [-0.05, 0) is 43.0 Å². The maximum atomic E-state index is 8.88. The van der Waals surface area contributed by atoms with Crippen molar-refractivity contribution in [1.82, 2.24) is 14.5 Å². The largest absolute Gasteiger partial charge is 0.392 e. The fourth-order valence-electron chi connectivity index (χ4n) is 3.13. The summed E-state index contributed by atoms with van der Waals surface area (Å²) in [5.41, 5.74) is 6.51. The van der Waals surface area contributed by atoms with Crippen molar-refractivity contribution >= 4 is 17.2 Å². The van der Waals surface area contributed by atoms with E-state index in [4.69, 9.17) is 15.1 Å². The fraction of sp³-hybridized carbons (Fsp3) is 0.333. The summed E-state index contributed by atoms with van der Waals surface area (Å²) < 4.78 is 2.25. The molecule has 0 bridgehead atoms. The van der Waals surface area contributed by atoms with Crippen LogP contribution in [0.4, 0.5) is 0 Å². The third kappa shape index (κ3) is 3.80. The minimum atomic E-state index is 0.0630. The topological polar surface area (TPSA) is 50.9 Å². The van der Waals surface area contributed by atoms with Crippen molar-refractivity contribution in [3.05, 3.63) is 64.6 Å². The lowest BCUT2D eigenvalue weighted by Crippen LogP contribution is -2.06. The second-order valence-electron chi connectivity index (χ2n) is 6.44. The Morgan fingerprint density at radius 2 is 1.88 bits per heavy atom. The van der Waals surface area contributed by atoms with Crippen molar-refractivity contribution < 1.29 is 5.11 Å². The molecular formula is C21H25N3O. The maximum Gasteiger partial charge on any atom is 0.160 e. The Morgan fingerprint density at radius 3 is 2.56 bits per heavy atom. The molecule has 0 unspecified atom stereocenters. The fourth-order valence-corrected chi connectivity index (χ4v) is 3.13. The molecule has 130 valence electrons. The molecule has 2 aromatic heterocycles. The molecule has 0 aliphatic carbocycles. The first kappa shape index (κ1) is 17.4. The molecule has 3 rings (SSSR count). The molecule has 3 aromatic rings. The van der Waals surface area contributed by atoms with E-state index in [0.29, 0.717) is 0 Å². The van der Waals surface area contributed by atoms with E-state index in [2.05, 4.69) is 48.7 Å². The van der Waals surface area contributed by atoms with Crippen LogP contribution in [0.1, 0.15) is 41.6 Å². The molecular weight excluding hydrogens is 310 g/mol. The van der Waals surface area contributed by atoms with Crippen LogP contribution >= 0.6 is 0 Å². The first-order valence-corrected chi connectivity index (χ1v) is 8.82. The Bertz CT molecular complexity index is 892. The van der Waals surface area contributed by atoms with E-state index in [1.165, 1.54) is 11.1 Å². The van der Waals surface area contributed by atoms with Gasteiger partial charge < -0.3 is 9.67 Å². The van der Waals surface area contributed by atoms with E-state index in [1.54, 1.807) is 6.08 Å². The number of fused-ring (bicyclic) bond motifs is 1. The van der Waals surface area contributed by atoms with Gasteiger partial charge in [0.2, 0.25) is 0 Å². The van der Waals surface area contributed by atoms with Gasteiger partial charge >= 0.3 is 0 Å². The summed E-state index contributed by atoms with van der Waals surface area (Å²) in [5.74, 6) is 1.10. The van der Waals surface area contributed by atoms with Gasteiger partial charge in [-0.15, -0.1) is 0 Å². The second kappa shape index (κ2) is 7.62. The summed E-state index contributed by atoms with van der Waals surface area (Å²) in [4.78, 5) is 9.61. The normalized spacial score (nSPS) is 11.7. The van der Waals surface area contributed by atoms with E-state index in [0.717, 1.165) is 47.6 Å². The first-order chi connectivity index (χ1) is 12.1. The van der Waals surface area contributed by atoms with Gasteiger partial charge in [0.05, 0.1) is 13.2 Å². The second-order valence-corrected chi connectivity index (χ2v) is 6.44. The van der Waals surface area contributed by atoms with Crippen LogP contribution in [0.25, 0.3) is 17.2 Å². The lowest BCUT2D eigenvalue weighted by atomic mass is 10.1. The highest BCUT2D eigenvalue weighted by molar-refractivity contribution is 5.76. The molecule has 0 saturated carbocycles. The van der Waals surface area contributed by atoms with Crippen LogP contribution in [0.2, 0.25) is 0 Å². The third-order valence-corrected chi connectivity index (χ3v) is 4.31. The van der Waals surface area contributed by atoms with Crippen molar-refractivity contribution in [2.24, 2.45) is 0 Å². The lowest BCUT2D eigenvalue weighted by molar-refractivity contribution is 0.343. The standard InChI is InChI=1S/C21H25N3O/c1-4-6-19-23-20-15(2)13-16(3)22-21(20)24(19)14-18-10-8-17(9-11-18)7-5-12-25/h5,7-11,13,25H,4,6,12,14H2,1-3H3. The number of benzene rings is 1. The van der Waals surface area contributed by atoms with Gasteiger partial charge in [0.1, 0.15) is 11.3 Å². The van der Waals surface area contributed by atoms with Gasteiger partial charge in [0.25, 0.3) is 0 Å². The van der Waals surface area contributed by atoms with Crippen molar-refractivity contribution in [1.29, 1.82) is 0 Å². The van der Waals surface area contributed by atoms with Crippen LogP contribution in [0.15, 0.2) is 36.4 Å². The molecule has 0 aliphatic rings. The van der Waals surface area contributed by atoms with Gasteiger partial charge in [-0.2, -0.15) is 0 Å². The smallest absolute Gasteiger partial charge is 0.160 e. The molecule has 4 nitrogen and oxygen atoms in total. The summed E-state index contributed by atoms with van der Waals surface area (Å²) in [6.45, 7) is 7.15. The summed E-state index contributed by atoms with van der Waals surface area (Å²) >= 11 is 0. The number of aromatic nitrogens is 3. The molecule has 0 radical (unpaired) electrons. The molecule has 0 fully saturated rings. The minimum Gasteiger partial charge on any atom is -0.392 e. The van der Waals surface area contributed by atoms with E-state index in [1.807, 2.05) is 13.0 Å². The third-order valence-electron chi connectivity index (χ3n) is 4.31. The molecule has 0 aliphatic heterocycles. The zero-order valence-corrected chi connectivity index (χ0v) is 15.2. The van der Waals surface area contributed by atoms with Gasteiger partial charge in [-0.25, -0.2) is 9.97 Å².